The number of nitrogens with one attached hydrogen (secondary N) is 1. The van der Waals surface area contributed by atoms with Gasteiger partial charge < -0.3 is 5.32 Å². The first-order chi connectivity index (χ1) is 12.1. The summed E-state index contributed by atoms with van der Waals surface area (Å²) in [7, 11) is 0. The molecule has 0 unspecified atom stereocenters. The van der Waals surface area contributed by atoms with E-state index in [4.69, 9.17) is 11.6 Å². The highest BCUT2D eigenvalue weighted by Crippen LogP contribution is 2.21. The normalized spacial score (nSPS) is 10.5. The molecule has 25 heavy (non-hydrogen) atoms. The van der Waals surface area contributed by atoms with Crippen LogP contribution in [0.2, 0.25) is 5.02 Å². The van der Waals surface area contributed by atoms with Crippen LogP contribution in [-0.2, 0) is 12.8 Å². The Kier molecular flexibility index (Phi) is 5.52. The van der Waals surface area contributed by atoms with E-state index in [2.05, 4.69) is 17.4 Å². The maximum absolute atomic E-state index is 12.7. The summed E-state index contributed by atoms with van der Waals surface area (Å²) in [4.78, 5) is 12.7. The van der Waals surface area contributed by atoms with Crippen LogP contribution < -0.4 is 5.32 Å². The highest BCUT2D eigenvalue weighted by Gasteiger charge is 2.11. The van der Waals surface area contributed by atoms with E-state index in [1.165, 1.54) is 5.56 Å². The molecule has 0 radical (unpaired) electrons. The first kappa shape index (κ1) is 17.2. The molecule has 1 amide bonds. The Bertz CT molecular complexity index is 874. The lowest BCUT2D eigenvalue weighted by molar-refractivity contribution is 0.102. The number of anilines is 1. The Morgan fingerprint density at radius 2 is 1.64 bits per heavy atom. The Hall–Kier alpha value is -2.58. The summed E-state index contributed by atoms with van der Waals surface area (Å²) in [5, 5.41) is 3.59. The van der Waals surface area contributed by atoms with Gasteiger partial charge in [-0.3, -0.25) is 4.79 Å². The molecule has 126 valence electrons. The first-order valence-electron chi connectivity index (χ1n) is 8.33. The third-order valence-corrected chi connectivity index (χ3v) is 4.62. The maximum atomic E-state index is 12.7. The summed E-state index contributed by atoms with van der Waals surface area (Å²) in [5.74, 6) is -0.108. The number of amides is 1. The summed E-state index contributed by atoms with van der Waals surface area (Å²) in [6, 6.07) is 23.6. The molecule has 3 heteroatoms. The molecule has 0 aliphatic heterocycles. The fourth-order valence-electron chi connectivity index (χ4n) is 2.75. The number of halogens is 1. The van der Waals surface area contributed by atoms with Gasteiger partial charge in [-0.15, -0.1) is 0 Å². The van der Waals surface area contributed by atoms with E-state index in [0.717, 1.165) is 24.0 Å². The number of benzene rings is 3. The van der Waals surface area contributed by atoms with Gasteiger partial charge in [-0.05, 0) is 54.7 Å². The molecule has 0 aliphatic rings. The van der Waals surface area contributed by atoms with Crippen LogP contribution in [0.4, 0.5) is 5.69 Å². The molecule has 0 bridgehead atoms. The molecular formula is C22H20ClNO. The second-order valence-corrected chi connectivity index (χ2v) is 6.47. The lowest BCUT2D eigenvalue weighted by Crippen LogP contribution is -2.14. The standard InChI is InChI=1S/C22H20ClNO/c1-16-11-14-19(15-21(16)23)24-22(25)20-10-6-5-9-18(20)13-12-17-7-3-2-4-8-17/h2-11,14-15H,12-13H2,1H3,(H,24,25). The van der Waals surface area contributed by atoms with Crippen molar-refractivity contribution in [3.8, 4) is 0 Å². The molecule has 3 aromatic rings. The van der Waals surface area contributed by atoms with Gasteiger partial charge in [0.05, 0.1) is 0 Å². The minimum Gasteiger partial charge on any atom is -0.322 e. The minimum atomic E-state index is -0.108. The monoisotopic (exact) mass is 349 g/mol. The van der Waals surface area contributed by atoms with Gasteiger partial charge in [-0.1, -0.05) is 66.2 Å². The molecule has 0 saturated carbocycles. The summed E-state index contributed by atoms with van der Waals surface area (Å²) in [6.45, 7) is 1.94. The molecule has 0 spiro atoms. The predicted octanol–water partition coefficient (Wildman–Crippen LogP) is 5.69. The molecule has 3 aromatic carbocycles. The zero-order chi connectivity index (χ0) is 17.6. The second-order valence-electron chi connectivity index (χ2n) is 6.06. The molecule has 3 rings (SSSR count). The Labute approximate surface area is 153 Å². The van der Waals surface area contributed by atoms with Gasteiger partial charge in [0.1, 0.15) is 0 Å². The highest BCUT2D eigenvalue weighted by atomic mass is 35.5. The summed E-state index contributed by atoms with van der Waals surface area (Å²) in [5.41, 5.74) is 4.71. The summed E-state index contributed by atoms with van der Waals surface area (Å²) < 4.78 is 0. The predicted molar refractivity (Wildman–Crippen MR) is 104 cm³/mol. The molecule has 0 aromatic heterocycles. The van der Waals surface area contributed by atoms with Crippen molar-refractivity contribution in [3.05, 3.63) is 100 Å². The van der Waals surface area contributed by atoms with Crippen LogP contribution in [-0.4, -0.2) is 5.91 Å². The molecule has 2 nitrogen and oxygen atoms in total. The van der Waals surface area contributed by atoms with Crippen molar-refractivity contribution in [2.75, 3.05) is 5.32 Å². The van der Waals surface area contributed by atoms with E-state index >= 15 is 0 Å². The van der Waals surface area contributed by atoms with Crippen LogP contribution in [0.25, 0.3) is 0 Å². The van der Waals surface area contributed by atoms with Gasteiger partial charge in [-0.25, -0.2) is 0 Å². The highest BCUT2D eigenvalue weighted by molar-refractivity contribution is 6.31. The second kappa shape index (κ2) is 8.00. The smallest absolute Gasteiger partial charge is 0.255 e. The maximum Gasteiger partial charge on any atom is 0.255 e. The molecule has 0 heterocycles. The zero-order valence-corrected chi connectivity index (χ0v) is 14.9. The Morgan fingerprint density at radius 1 is 0.920 bits per heavy atom. The van der Waals surface area contributed by atoms with Crippen molar-refractivity contribution in [1.82, 2.24) is 0 Å². The van der Waals surface area contributed by atoms with Gasteiger partial charge in [-0.2, -0.15) is 0 Å². The first-order valence-corrected chi connectivity index (χ1v) is 8.70. The Morgan fingerprint density at radius 3 is 2.40 bits per heavy atom. The Balaban J connectivity index is 1.75. The van der Waals surface area contributed by atoms with Gasteiger partial charge in [0, 0.05) is 16.3 Å². The number of rotatable bonds is 5. The van der Waals surface area contributed by atoms with E-state index in [1.54, 1.807) is 6.07 Å². The van der Waals surface area contributed by atoms with Crippen LogP contribution in [0.5, 0.6) is 0 Å². The SMILES string of the molecule is Cc1ccc(NC(=O)c2ccccc2CCc2ccccc2)cc1Cl. The van der Waals surface area contributed by atoms with Crippen LogP contribution in [0, 0.1) is 6.92 Å². The van der Waals surface area contributed by atoms with Crippen molar-refractivity contribution < 1.29 is 4.79 Å². The van der Waals surface area contributed by atoms with Gasteiger partial charge in [0.25, 0.3) is 5.91 Å². The van der Waals surface area contributed by atoms with E-state index in [-0.39, 0.29) is 5.91 Å². The average Bonchev–Trinajstić information content (AvgIpc) is 2.64. The van der Waals surface area contributed by atoms with Gasteiger partial charge in [0.15, 0.2) is 0 Å². The quantitative estimate of drug-likeness (QED) is 0.630. The van der Waals surface area contributed by atoms with Crippen LogP contribution in [0.3, 0.4) is 0 Å². The lowest BCUT2D eigenvalue weighted by atomic mass is 9.99. The largest absolute Gasteiger partial charge is 0.322 e. The summed E-state index contributed by atoms with van der Waals surface area (Å²) in [6.07, 6.45) is 1.73. The average molecular weight is 350 g/mol. The number of hydrogen-bond acceptors (Lipinski definition) is 1. The summed E-state index contributed by atoms with van der Waals surface area (Å²) >= 11 is 6.14. The van der Waals surface area contributed by atoms with Gasteiger partial charge in [0.2, 0.25) is 0 Å². The lowest BCUT2D eigenvalue weighted by Gasteiger charge is -2.11. The molecular weight excluding hydrogens is 330 g/mol. The molecule has 0 saturated heterocycles. The molecule has 0 fully saturated rings. The number of carbonyl (C=O) groups is 1. The van der Waals surface area contributed by atoms with E-state index in [9.17, 15) is 4.79 Å². The van der Waals surface area contributed by atoms with Gasteiger partial charge >= 0.3 is 0 Å². The zero-order valence-electron chi connectivity index (χ0n) is 14.1. The molecule has 0 aliphatic carbocycles. The van der Waals surface area contributed by atoms with Crippen LogP contribution in [0.15, 0.2) is 72.8 Å². The van der Waals surface area contributed by atoms with Crippen molar-refractivity contribution in [1.29, 1.82) is 0 Å². The minimum absolute atomic E-state index is 0.108. The topological polar surface area (TPSA) is 29.1 Å². The molecule has 0 atom stereocenters. The number of carbonyl (C=O) groups excluding carboxylic acids is 1. The number of aryl methyl sites for hydroxylation is 3. The third-order valence-electron chi connectivity index (χ3n) is 4.22. The van der Waals surface area contributed by atoms with E-state index in [1.807, 2.05) is 61.5 Å². The fourth-order valence-corrected chi connectivity index (χ4v) is 2.93. The van der Waals surface area contributed by atoms with Crippen molar-refractivity contribution in [2.24, 2.45) is 0 Å². The molecule has 1 N–H and O–H groups in total. The third kappa shape index (κ3) is 4.49. The van der Waals surface area contributed by atoms with Crippen molar-refractivity contribution in [2.45, 2.75) is 19.8 Å². The van der Waals surface area contributed by atoms with E-state index in [0.29, 0.717) is 16.3 Å². The van der Waals surface area contributed by atoms with E-state index < -0.39 is 0 Å². The van der Waals surface area contributed by atoms with Crippen LogP contribution >= 0.6 is 11.6 Å². The van der Waals surface area contributed by atoms with Crippen LogP contribution in [0.1, 0.15) is 27.0 Å². The van der Waals surface area contributed by atoms with Crippen molar-refractivity contribution >= 4 is 23.2 Å². The van der Waals surface area contributed by atoms with Crippen molar-refractivity contribution in [3.63, 3.8) is 0 Å². The number of hydrogen-bond donors (Lipinski definition) is 1. The fraction of sp³-hybridized carbons (Fsp3) is 0.136.